The Labute approximate surface area is 140 Å². The van der Waals surface area contributed by atoms with Crippen LogP contribution in [-0.4, -0.2) is 41.6 Å². The fourth-order valence-electron chi connectivity index (χ4n) is 2.94. The van der Waals surface area contributed by atoms with Crippen LogP contribution in [0, 0.1) is 6.92 Å². The Kier molecular flexibility index (Phi) is 4.62. The molecule has 1 aliphatic rings. The van der Waals surface area contributed by atoms with Gasteiger partial charge >= 0.3 is 5.97 Å². The summed E-state index contributed by atoms with van der Waals surface area (Å²) in [5.74, 6) is -1.20. The molecule has 1 fully saturated rings. The number of aryl methyl sites for hydroxylation is 1. The number of nitrogens with zero attached hydrogens (tertiary/aromatic N) is 1. The lowest BCUT2D eigenvalue weighted by Crippen LogP contribution is -2.42. The minimum absolute atomic E-state index is 0.115. The molecular weight excluding hydrogens is 306 g/mol. The SMILES string of the molecule is Cc1ccccc1[C@@H]1CN(C(=O)c2cccc(C(=O)O)c2)CCO1. The van der Waals surface area contributed by atoms with Gasteiger partial charge in [-0.3, -0.25) is 4.79 Å². The van der Waals surface area contributed by atoms with Crippen molar-refractivity contribution in [2.75, 3.05) is 19.7 Å². The van der Waals surface area contributed by atoms with E-state index in [4.69, 9.17) is 9.84 Å². The van der Waals surface area contributed by atoms with E-state index in [-0.39, 0.29) is 17.6 Å². The summed E-state index contributed by atoms with van der Waals surface area (Å²) < 4.78 is 5.84. The molecule has 1 aliphatic heterocycles. The van der Waals surface area contributed by atoms with Crippen LogP contribution in [0.3, 0.4) is 0 Å². The minimum Gasteiger partial charge on any atom is -0.478 e. The normalized spacial score (nSPS) is 17.5. The first-order valence-electron chi connectivity index (χ1n) is 7.86. The van der Waals surface area contributed by atoms with Crippen molar-refractivity contribution in [1.29, 1.82) is 0 Å². The lowest BCUT2D eigenvalue weighted by molar-refractivity contribution is -0.0230. The van der Waals surface area contributed by atoms with Gasteiger partial charge in [-0.05, 0) is 36.2 Å². The number of hydrogen-bond donors (Lipinski definition) is 1. The first-order chi connectivity index (χ1) is 11.6. The topological polar surface area (TPSA) is 66.8 Å². The highest BCUT2D eigenvalue weighted by molar-refractivity contribution is 5.97. The van der Waals surface area contributed by atoms with Gasteiger partial charge < -0.3 is 14.7 Å². The van der Waals surface area contributed by atoms with Crippen molar-refractivity contribution in [3.63, 3.8) is 0 Å². The third-order valence-corrected chi connectivity index (χ3v) is 4.25. The maximum atomic E-state index is 12.7. The van der Waals surface area contributed by atoms with E-state index in [1.54, 1.807) is 17.0 Å². The maximum Gasteiger partial charge on any atom is 0.335 e. The maximum absolute atomic E-state index is 12.7. The molecule has 124 valence electrons. The van der Waals surface area contributed by atoms with Crippen molar-refractivity contribution in [1.82, 2.24) is 4.90 Å². The number of carboxylic acids is 1. The number of carbonyl (C=O) groups excluding carboxylic acids is 1. The van der Waals surface area contributed by atoms with Crippen molar-refractivity contribution >= 4 is 11.9 Å². The number of hydrogen-bond acceptors (Lipinski definition) is 3. The van der Waals surface area contributed by atoms with Gasteiger partial charge in [0.05, 0.1) is 18.7 Å². The number of amides is 1. The summed E-state index contributed by atoms with van der Waals surface area (Å²) in [5, 5.41) is 9.08. The molecule has 1 amide bonds. The lowest BCUT2D eigenvalue weighted by atomic mass is 10.0. The minimum atomic E-state index is -1.04. The van der Waals surface area contributed by atoms with Crippen LogP contribution in [0.1, 0.15) is 37.9 Å². The average molecular weight is 325 g/mol. The summed E-state index contributed by atoms with van der Waals surface area (Å²) in [6.07, 6.45) is -0.161. The fourth-order valence-corrected chi connectivity index (χ4v) is 2.94. The lowest BCUT2D eigenvalue weighted by Gasteiger charge is -2.34. The largest absolute Gasteiger partial charge is 0.478 e. The van der Waals surface area contributed by atoms with Crippen LogP contribution < -0.4 is 0 Å². The van der Waals surface area contributed by atoms with E-state index in [9.17, 15) is 9.59 Å². The van der Waals surface area contributed by atoms with E-state index in [0.717, 1.165) is 11.1 Å². The Hall–Kier alpha value is -2.66. The van der Waals surface area contributed by atoms with Crippen LogP contribution in [0.15, 0.2) is 48.5 Å². The van der Waals surface area contributed by atoms with E-state index in [1.807, 2.05) is 31.2 Å². The van der Waals surface area contributed by atoms with Crippen molar-refractivity contribution in [3.8, 4) is 0 Å². The zero-order chi connectivity index (χ0) is 17.1. The molecule has 1 atom stereocenters. The van der Waals surface area contributed by atoms with Gasteiger partial charge in [0.15, 0.2) is 0 Å². The highest BCUT2D eigenvalue weighted by atomic mass is 16.5. The Balaban J connectivity index is 1.79. The predicted octanol–water partition coefficient (Wildman–Crippen LogP) is 2.91. The van der Waals surface area contributed by atoms with E-state index in [2.05, 4.69) is 0 Å². The number of aromatic carboxylic acids is 1. The monoisotopic (exact) mass is 325 g/mol. The molecule has 24 heavy (non-hydrogen) atoms. The molecule has 1 N–H and O–H groups in total. The zero-order valence-corrected chi connectivity index (χ0v) is 13.4. The molecule has 0 radical (unpaired) electrons. The van der Waals surface area contributed by atoms with Gasteiger partial charge in [0.1, 0.15) is 6.10 Å². The summed E-state index contributed by atoms with van der Waals surface area (Å²) in [6.45, 7) is 3.44. The third-order valence-electron chi connectivity index (χ3n) is 4.25. The summed E-state index contributed by atoms with van der Waals surface area (Å²) in [7, 11) is 0. The van der Waals surface area contributed by atoms with Gasteiger partial charge in [0.25, 0.3) is 5.91 Å². The van der Waals surface area contributed by atoms with Crippen LogP contribution >= 0.6 is 0 Å². The Morgan fingerprint density at radius 1 is 1.12 bits per heavy atom. The second kappa shape index (κ2) is 6.84. The first kappa shape index (κ1) is 16.2. The van der Waals surface area contributed by atoms with E-state index in [0.29, 0.717) is 25.3 Å². The Morgan fingerprint density at radius 3 is 2.62 bits per heavy atom. The second-order valence-corrected chi connectivity index (χ2v) is 5.85. The molecule has 0 aromatic heterocycles. The van der Waals surface area contributed by atoms with Crippen LogP contribution in [0.2, 0.25) is 0 Å². The molecule has 3 rings (SSSR count). The van der Waals surface area contributed by atoms with Gasteiger partial charge in [-0.25, -0.2) is 4.79 Å². The number of morpholine rings is 1. The second-order valence-electron chi connectivity index (χ2n) is 5.85. The van der Waals surface area contributed by atoms with E-state index < -0.39 is 5.97 Å². The van der Waals surface area contributed by atoms with Crippen molar-refractivity contribution in [2.45, 2.75) is 13.0 Å². The van der Waals surface area contributed by atoms with Crippen LogP contribution in [0.5, 0.6) is 0 Å². The molecule has 5 heteroatoms. The molecule has 1 saturated heterocycles. The van der Waals surface area contributed by atoms with E-state index >= 15 is 0 Å². The molecule has 0 saturated carbocycles. The van der Waals surface area contributed by atoms with Crippen molar-refractivity contribution in [2.24, 2.45) is 0 Å². The van der Waals surface area contributed by atoms with Gasteiger partial charge in [0, 0.05) is 12.1 Å². The number of ether oxygens (including phenoxy) is 1. The number of rotatable bonds is 3. The molecule has 2 aromatic rings. The molecule has 2 aromatic carbocycles. The highest BCUT2D eigenvalue weighted by Crippen LogP contribution is 2.25. The summed E-state index contributed by atoms with van der Waals surface area (Å²) in [4.78, 5) is 25.5. The van der Waals surface area contributed by atoms with Gasteiger partial charge in [0.2, 0.25) is 0 Å². The summed E-state index contributed by atoms with van der Waals surface area (Å²) in [6, 6.07) is 14.1. The standard InChI is InChI=1S/C19H19NO4/c1-13-5-2-3-8-16(13)17-12-20(9-10-24-17)18(21)14-6-4-7-15(11-14)19(22)23/h2-8,11,17H,9-10,12H2,1H3,(H,22,23)/t17-/m0/s1. The van der Waals surface area contributed by atoms with Crippen LogP contribution in [0.25, 0.3) is 0 Å². The quantitative estimate of drug-likeness (QED) is 0.942. The molecular formula is C19H19NO4. The van der Waals surface area contributed by atoms with Crippen molar-refractivity contribution < 1.29 is 19.4 Å². The fraction of sp³-hybridized carbons (Fsp3) is 0.263. The summed E-state index contributed by atoms with van der Waals surface area (Å²) in [5.41, 5.74) is 2.71. The smallest absolute Gasteiger partial charge is 0.335 e. The van der Waals surface area contributed by atoms with Crippen molar-refractivity contribution in [3.05, 3.63) is 70.8 Å². The molecule has 0 bridgehead atoms. The first-order valence-corrected chi connectivity index (χ1v) is 7.86. The van der Waals surface area contributed by atoms with Gasteiger partial charge in [-0.1, -0.05) is 30.3 Å². The molecule has 0 spiro atoms. The van der Waals surface area contributed by atoms with Gasteiger partial charge in [-0.2, -0.15) is 0 Å². The third kappa shape index (κ3) is 3.31. The highest BCUT2D eigenvalue weighted by Gasteiger charge is 2.27. The zero-order valence-electron chi connectivity index (χ0n) is 13.4. The predicted molar refractivity (Wildman–Crippen MR) is 89.2 cm³/mol. The molecule has 5 nitrogen and oxygen atoms in total. The van der Waals surface area contributed by atoms with E-state index in [1.165, 1.54) is 12.1 Å². The average Bonchev–Trinajstić information content (AvgIpc) is 2.61. The molecule has 0 unspecified atom stereocenters. The molecule has 1 heterocycles. The Morgan fingerprint density at radius 2 is 1.88 bits per heavy atom. The molecule has 0 aliphatic carbocycles. The summed E-state index contributed by atoms with van der Waals surface area (Å²) >= 11 is 0. The number of benzene rings is 2. The number of carbonyl (C=O) groups is 2. The van der Waals surface area contributed by atoms with Gasteiger partial charge in [-0.15, -0.1) is 0 Å². The van der Waals surface area contributed by atoms with Crippen LogP contribution in [0.4, 0.5) is 0 Å². The number of carboxylic acid groups (broad SMARTS) is 1. The Bertz CT molecular complexity index is 771. The van der Waals surface area contributed by atoms with Crippen LogP contribution in [-0.2, 0) is 4.74 Å².